The number of rotatable bonds is 5. The second-order valence-electron chi connectivity index (χ2n) is 11.9. The molecular formula is C43H32N2. The van der Waals surface area contributed by atoms with Crippen molar-refractivity contribution in [1.82, 2.24) is 9.97 Å². The fourth-order valence-corrected chi connectivity index (χ4v) is 6.90. The predicted molar refractivity (Wildman–Crippen MR) is 190 cm³/mol. The number of hydrogen-bond acceptors (Lipinski definition) is 2. The van der Waals surface area contributed by atoms with Gasteiger partial charge in [-0.05, 0) is 132 Å². The van der Waals surface area contributed by atoms with Crippen LogP contribution in [0.3, 0.4) is 0 Å². The summed E-state index contributed by atoms with van der Waals surface area (Å²) in [6, 6.07) is 42.2. The van der Waals surface area contributed by atoms with Gasteiger partial charge in [-0.2, -0.15) is 0 Å². The average molecular weight is 577 g/mol. The minimum absolute atomic E-state index is 0.475. The summed E-state index contributed by atoms with van der Waals surface area (Å²) in [6.07, 6.45) is 15.3. The minimum Gasteiger partial charge on any atom is -0.265 e. The monoisotopic (exact) mass is 576 g/mol. The molecule has 5 aromatic carbocycles. The molecule has 0 bridgehead atoms. The van der Waals surface area contributed by atoms with Crippen LogP contribution >= 0.6 is 0 Å². The third kappa shape index (κ3) is 4.95. The summed E-state index contributed by atoms with van der Waals surface area (Å²) >= 11 is 0. The topological polar surface area (TPSA) is 25.8 Å². The van der Waals surface area contributed by atoms with E-state index in [2.05, 4.69) is 150 Å². The van der Waals surface area contributed by atoms with Crippen molar-refractivity contribution in [3.63, 3.8) is 0 Å². The standard InChI is InChI=1S/C43H32N2/c1-29-8-2-3-13-37(29)34-16-17-40-41(28-34)43(36-12-7-10-33(27-36)31-20-24-45-25-21-31)39-15-5-4-14-38(39)42(40)35-11-6-9-32(26-35)30-18-22-44-23-19-30/h2-7,9-29H,8H2,1H3. The third-order valence-corrected chi connectivity index (χ3v) is 9.12. The molecule has 1 atom stereocenters. The summed E-state index contributed by atoms with van der Waals surface area (Å²) in [6.45, 7) is 2.33. The molecule has 0 spiro atoms. The third-order valence-electron chi connectivity index (χ3n) is 9.12. The molecule has 45 heavy (non-hydrogen) atoms. The Morgan fingerprint density at radius 1 is 0.467 bits per heavy atom. The molecule has 0 amide bonds. The minimum atomic E-state index is 0.475. The van der Waals surface area contributed by atoms with E-state index in [0.717, 1.165) is 6.42 Å². The Balaban J connectivity index is 1.44. The van der Waals surface area contributed by atoms with Gasteiger partial charge in [-0.25, -0.2) is 0 Å². The predicted octanol–water partition coefficient (Wildman–Crippen LogP) is 11.4. The molecule has 2 heteroatoms. The maximum Gasteiger partial charge on any atom is 0.0273 e. The Kier molecular flexibility index (Phi) is 6.88. The number of fused-ring (bicyclic) bond motifs is 2. The highest BCUT2D eigenvalue weighted by Gasteiger charge is 2.20. The van der Waals surface area contributed by atoms with Crippen LogP contribution in [-0.2, 0) is 0 Å². The van der Waals surface area contributed by atoms with E-state index in [1.807, 2.05) is 24.8 Å². The van der Waals surface area contributed by atoms with Gasteiger partial charge in [0.25, 0.3) is 0 Å². The largest absolute Gasteiger partial charge is 0.265 e. The number of pyridine rings is 2. The molecule has 2 heterocycles. The van der Waals surface area contributed by atoms with E-state index in [0.29, 0.717) is 5.92 Å². The zero-order valence-electron chi connectivity index (χ0n) is 25.2. The van der Waals surface area contributed by atoms with Crippen LogP contribution in [0.1, 0.15) is 18.9 Å². The van der Waals surface area contributed by atoms with Gasteiger partial charge in [0.05, 0.1) is 0 Å². The van der Waals surface area contributed by atoms with E-state index >= 15 is 0 Å². The molecule has 1 aliphatic carbocycles. The van der Waals surface area contributed by atoms with Gasteiger partial charge in [-0.1, -0.05) is 97.9 Å². The highest BCUT2D eigenvalue weighted by molar-refractivity contribution is 6.22. The van der Waals surface area contributed by atoms with E-state index in [-0.39, 0.29) is 0 Å². The van der Waals surface area contributed by atoms with Crippen molar-refractivity contribution in [3.8, 4) is 44.5 Å². The zero-order chi connectivity index (χ0) is 30.2. The average Bonchev–Trinajstić information content (AvgIpc) is 3.11. The zero-order valence-corrected chi connectivity index (χ0v) is 25.2. The van der Waals surface area contributed by atoms with Crippen LogP contribution in [-0.4, -0.2) is 9.97 Å². The van der Waals surface area contributed by atoms with Crippen molar-refractivity contribution >= 4 is 27.1 Å². The molecule has 0 saturated carbocycles. The van der Waals surface area contributed by atoms with Crippen molar-refractivity contribution < 1.29 is 0 Å². The lowest BCUT2D eigenvalue weighted by Crippen LogP contribution is -2.01. The summed E-state index contributed by atoms with van der Waals surface area (Å²) in [5, 5.41) is 5.03. The molecule has 0 fully saturated rings. The number of aromatic nitrogens is 2. The highest BCUT2D eigenvalue weighted by Crippen LogP contribution is 2.46. The Hall–Kier alpha value is -5.60. The van der Waals surface area contributed by atoms with Crippen LogP contribution in [0.2, 0.25) is 0 Å². The number of allylic oxidation sites excluding steroid dienone is 4. The molecule has 0 N–H and O–H groups in total. The van der Waals surface area contributed by atoms with Crippen LogP contribution in [0.25, 0.3) is 71.6 Å². The van der Waals surface area contributed by atoms with E-state index in [1.54, 1.807) is 0 Å². The molecule has 1 unspecified atom stereocenters. The van der Waals surface area contributed by atoms with Gasteiger partial charge in [0.15, 0.2) is 0 Å². The van der Waals surface area contributed by atoms with E-state index < -0.39 is 0 Å². The first kappa shape index (κ1) is 27.0. The van der Waals surface area contributed by atoms with Crippen molar-refractivity contribution in [2.24, 2.45) is 5.92 Å². The van der Waals surface area contributed by atoms with Crippen LogP contribution in [0.5, 0.6) is 0 Å². The van der Waals surface area contributed by atoms with Gasteiger partial charge in [-0.3, -0.25) is 9.97 Å². The SMILES string of the molecule is CC1CC=CC=C1c1ccc2c(-c3cccc(-c4ccncc4)c3)c3ccccc3c(-c3cccc(-c4ccncc4)c3)c2c1. The Bertz CT molecular complexity index is 2240. The van der Waals surface area contributed by atoms with Gasteiger partial charge in [0, 0.05) is 24.8 Å². The first-order valence-corrected chi connectivity index (χ1v) is 15.6. The lowest BCUT2D eigenvalue weighted by atomic mass is 9.82. The smallest absolute Gasteiger partial charge is 0.0273 e. The lowest BCUT2D eigenvalue weighted by molar-refractivity contribution is 0.759. The summed E-state index contributed by atoms with van der Waals surface area (Å²) in [5.74, 6) is 0.475. The fourth-order valence-electron chi connectivity index (χ4n) is 6.90. The molecule has 2 aromatic heterocycles. The second-order valence-corrected chi connectivity index (χ2v) is 11.9. The molecule has 0 aliphatic heterocycles. The first-order valence-electron chi connectivity index (χ1n) is 15.6. The molecule has 8 rings (SSSR count). The van der Waals surface area contributed by atoms with E-state index in [4.69, 9.17) is 0 Å². The van der Waals surface area contributed by atoms with Gasteiger partial charge in [0.2, 0.25) is 0 Å². The number of benzene rings is 5. The Morgan fingerprint density at radius 2 is 1.00 bits per heavy atom. The number of nitrogens with zero attached hydrogens (tertiary/aromatic N) is 2. The highest BCUT2D eigenvalue weighted by atomic mass is 14.6. The van der Waals surface area contributed by atoms with E-state index in [1.165, 1.54) is 77.2 Å². The Labute approximate surface area is 264 Å². The summed E-state index contributed by atoms with van der Waals surface area (Å²) in [4.78, 5) is 8.48. The van der Waals surface area contributed by atoms with E-state index in [9.17, 15) is 0 Å². The molecular weight excluding hydrogens is 544 g/mol. The van der Waals surface area contributed by atoms with Crippen molar-refractivity contribution in [3.05, 3.63) is 164 Å². The van der Waals surface area contributed by atoms with Crippen LogP contribution in [0, 0.1) is 5.92 Å². The maximum atomic E-state index is 4.24. The summed E-state index contributed by atoms with van der Waals surface area (Å²) < 4.78 is 0. The molecule has 7 aromatic rings. The second kappa shape index (κ2) is 11.5. The van der Waals surface area contributed by atoms with Gasteiger partial charge in [-0.15, -0.1) is 0 Å². The fraction of sp³-hybridized carbons (Fsp3) is 0.0698. The maximum absolute atomic E-state index is 4.24. The summed E-state index contributed by atoms with van der Waals surface area (Å²) in [7, 11) is 0. The molecule has 0 radical (unpaired) electrons. The normalized spacial score (nSPS) is 14.5. The lowest BCUT2D eigenvalue weighted by Gasteiger charge is -2.22. The summed E-state index contributed by atoms with van der Waals surface area (Å²) in [5.41, 5.74) is 12.3. The quantitative estimate of drug-likeness (QED) is 0.191. The van der Waals surface area contributed by atoms with Crippen LogP contribution < -0.4 is 0 Å². The Morgan fingerprint density at radius 3 is 1.58 bits per heavy atom. The van der Waals surface area contributed by atoms with Gasteiger partial charge < -0.3 is 0 Å². The van der Waals surface area contributed by atoms with Crippen molar-refractivity contribution in [2.75, 3.05) is 0 Å². The molecule has 2 nitrogen and oxygen atoms in total. The van der Waals surface area contributed by atoms with Crippen molar-refractivity contribution in [1.29, 1.82) is 0 Å². The first-order chi connectivity index (χ1) is 22.2. The number of hydrogen-bond donors (Lipinski definition) is 0. The van der Waals surface area contributed by atoms with Gasteiger partial charge >= 0.3 is 0 Å². The van der Waals surface area contributed by atoms with Gasteiger partial charge in [0.1, 0.15) is 0 Å². The molecule has 214 valence electrons. The van der Waals surface area contributed by atoms with Crippen LogP contribution in [0.15, 0.2) is 158 Å². The van der Waals surface area contributed by atoms with Crippen molar-refractivity contribution in [2.45, 2.75) is 13.3 Å². The molecule has 1 aliphatic rings. The van der Waals surface area contributed by atoms with Crippen LogP contribution in [0.4, 0.5) is 0 Å². The molecule has 0 saturated heterocycles.